The van der Waals surface area contributed by atoms with Crippen molar-refractivity contribution in [2.75, 3.05) is 10.7 Å². The summed E-state index contributed by atoms with van der Waals surface area (Å²) in [6.45, 7) is 8.13. The predicted octanol–water partition coefficient (Wildman–Crippen LogP) is 3.10. The average molecular weight is 289 g/mol. The lowest BCUT2D eigenvalue weighted by atomic mass is 10.1. The summed E-state index contributed by atoms with van der Waals surface area (Å²) in [5, 5.41) is 3.43. The minimum Gasteiger partial charge on any atom is -0.466 e. The van der Waals surface area contributed by atoms with E-state index in [1.54, 1.807) is 0 Å². The standard InChI is InChI=1S/C15H23N5O/c1-5-6-12-14(17-8-18-15(12)20-16)19-10(3)13-7-9(2)21-11(13)4/h7-8,10H,5-6,16H2,1-4H3,(H2,17,18,19,20). The average Bonchev–Trinajstić information content (AvgIpc) is 2.80. The zero-order chi connectivity index (χ0) is 15.4. The fraction of sp³-hybridized carbons (Fsp3) is 0.467. The van der Waals surface area contributed by atoms with Gasteiger partial charge in [0.05, 0.1) is 6.04 Å². The summed E-state index contributed by atoms with van der Waals surface area (Å²) >= 11 is 0. The zero-order valence-electron chi connectivity index (χ0n) is 13.0. The second-order valence-electron chi connectivity index (χ2n) is 5.18. The molecular formula is C15H23N5O. The lowest BCUT2D eigenvalue weighted by Crippen LogP contribution is -2.16. The topological polar surface area (TPSA) is 89.0 Å². The van der Waals surface area contributed by atoms with E-state index in [-0.39, 0.29) is 6.04 Å². The van der Waals surface area contributed by atoms with Gasteiger partial charge in [-0.1, -0.05) is 13.3 Å². The van der Waals surface area contributed by atoms with Crippen molar-refractivity contribution in [2.45, 2.75) is 46.6 Å². The van der Waals surface area contributed by atoms with Gasteiger partial charge in [0.2, 0.25) is 0 Å². The first-order valence-corrected chi connectivity index (χ1v) is 7.20. The summed E-state index contributed by atoms with van der Waals surface area (Å²) in [5.74, 6) is 8.86. The molecule has 6 heteroatoms. The number of aromatic nitrogens is 2. The first-order chi connectivity index (χ1) is 10.1. The van der Waals surface area contributed by atoms with Crippen LogP contribution in [0.2, 0.25) is 0 Å². The molecule has 6 nitrogen and oxygen atoms in total. The minimum atomic E-state index is 0.0959. The van der Waals surface area contributed by atoms with Crippen LogP contribution in [0.4, 0.5) is 11.6 Å². The van der Waals surface area contributed by atoms with E-state index in [9.17, 15) is 0 Å². The Labute approximate surface area is 125 Å². The maximum absolute atomic E-state index is 5.59. The molecule has 0 fully saturated rings. The smallest absolute Gasteiger partial charge is 0.148 e. The van der Waals surface area contributed by atoms with Gasteiger partial charge in [-0.15, -0.1) is 0 Å². The van der Waals surface area contributed by atoms with Crippen LogP contribution in [-0.2, 0) is 6.42 Å². The van der Waals surface area contributed by atoms with Gasteiger partial charge in [0.15, 0.2) is 0 Å². The van der Waals surface area contributed by atoms with Crippen molar-refractivity contribution >= 4 is 11.6 Å². The summed E-state index contributed by atoms with van der Waals surface area (Å²) in [4.78, 5) is 8.53. The molecule has 0 aliphatic carbocycles. The molecule has 1 unspecified atom stereocenters. The number of hydrazine groups is 1. The second-order valence-corrected chi connectivity index (χ2v) is 5.18. The Hall–Kier alpha value is -2.08. The van der Waals surface area contributed by atoms with Crippen molar-refractivity contribution in [3.63, 3.8) is 0 Å². The van der Waals surface area contributed by atoms with Crippen LogP contribution in [0.1, 0.15) is 49.0 Å². The van der Waals surface area contributed by atoms with Crippen molar-refractivity contribution < 1.29 is 4.42 Å². The van der Waals surface area contributed by atoms with Gasteiger partial charge in [-0.3, -0.25) is 0 Å². The highest BCUT2D eigenvalue weighted by molar-refractivity contribution is 5.57. The quantitative estimate of drug-likeness (QED) is 0.559. The molecule has 2 heterocycles. The highest BCUT2D eigenvalue weighted by atomic mass is 16.3. The third-order valence-corrected chi connectivity index (χ3v) is 3.48. The molecule has 2 rings (SSSR count). The third kappa shape index (κ3) is 3.33. The van der Waals surface area contributed by atoms with Crippen LogP contribution in [0.3, 0.4) is 0 Å². The molecule has 2 aromatic rings. The highest BCUT2D eigenvalue weighted by Gasteiger charge is 2.16. The molecule has 0 bridgehead atoms. The second kappa shape index (κ2) is 6.58. The largest absolute Gasteiger partial charge is 0.466 e. The number of nitrogens with one attached hydrogen (secondary N) is 2. The molecule has 0 amide bonds. The summed E-state index contributed by atoms with van der Waals surface area (Å²) in [6.07, 6.45) is 3.37. The lowest BCUT2D eigenvalue weighted by molar-refractivity contribution is 0.499. The molecule has 0 aliphatic rings. The number of nitrogens with zero attached hydrogens (tertiary/aromatic N) is 2. The number of nitrogens with two attached hydrogens (primary N) is 1. The first kappa shape index (κ1) is 15.3. The Bertz CT molecular complexity index is 608. The van der Waals surface area contributed by atoms with Crippen molar-refractivity contribution in [3.05, 3.63) is 35.0 Å². The van der Waals surface area contributed by atoms with Crippen molar-refractivity contribution in [1.29, 1.82) is 0 Å². The summed E-state index contributed by atoms with van der Waals surface area (Å²) < 4.78 is 5.59. The van der Waals surface area contributed by atoms with Gasteiger partial charge in [-0.25, -0.2) is 15.8 Å². The monoisotopic (exact) mass is 289 g/mol. The SMILES string of the molecule is CCCc1c(NN)ncnc1NC(C)c1cc(C)oc1C. The zero-order valence-corrected chi connectivity index (χ0v) is 13.0. The molecule has 1 atom stereocenters. The Morgan fingerprint density at radius 2 is 2.00 bits per heavy atom. The molecule has 114 valence electrons. The highest BCUT2D eigenvalue weighted by Crippen LogP contribution is 2.27. The third-order valence-electron chi connectivity index (χ3n) is 3.48. The normalized spacial score (nSPS) is 12.2. The molecule has 4 N–H and O–H groups in total. The Balaban J connectivity index is 2.28. The van der Waals surface area contributed by atoms with Crippen molar-refractivity contribution in [3.8, 4) is 0 Å². The number of hydrogen-bond donors (Lipinski definition) is 3. The number of hydrogen-bond acceptors (Lipinski definition) is 6. The van der Waals surface area contributed by atoms with E-state index >= 15 is 0 Å². The molecule has 0 saturated carbocycles. The van der Waals surface area contributed by atoms with E-state index in [1.165, 1.54) is 6.33 Å². The van der Waals surface area contributed by atoms with Gasteiger partial charge in [0, 0.05) is 11.1 Å². The van der Waals surface area contributed by atoms with Crippen molar-refractivity contribution in [2.24, 2.45) is 5.84 Å². The number of aryl methyl sites for hydroxylation is 2. The Morgan fingerprint density at radius 3 is 2.57 bits per heavy atom. The van der Waals surface area contributed by atoms with Crippen LogP contribution >= 0.6 is 0 Å². The van der Waals surface area contributed by atoms with E-state index in [2.05, 4.69) is 40.6 Å². The minimum absolute atomic E-state index is 0.0959. The van der Waals surface area contributed by atoms with E-state index < -0.39 is 0 Å². The fourth-order valence-electron chi connectivity index (χ4n) is 2.51. The summed E-state index contributed by atoms with van der Waals surface area (Å²) in [6, 6.07) is 2.15. The summed E-state index contributed by atoms with van der Waals surface area (Å²) in [7, 11) is 0. The number of furan rings is 1. The van der Waals surface area contributed by atoms with Crippen LogP contribution in [0.25, 0.3) is 0 Å². The van der Waals surface area contributed by atoms with Crippen LogP contribution in [0.15, 0.2) is 16.8 Å². The maximum Gasteiger partial charge on any atom is 0.148 e. The van der Waals surface area contributed by atoms with Gasteiger partial charge < -0.3 is 15.2 Å². The van der Waals surface area contributed by atoms with Gasteiger partial charge in [0.1, 0.15) is 29.5 Å². The molecule has 2 aromatic heterocycles. The van der Waals surface area contributed by atoms with Crippen LogP contribution in [-0.4, -0.2) is 9.97 Å². The molecule has 0 aliphatic heterocycles. The van der Waals surface area contributed by atoms with E-state index in [1.807, 2.05) is 13.8 Å². The fourth-order valence-corrected chi connectivity index (χ4v) is 2.51. The van der Waals surface area contributed by atoms with Gasteiger partial charge in [-0.2, -0.15) is 0 Å². The molecule has 0 aromatic carbocycles. The molecule has 0 saturated heterocycles. The van der Waals surface area contributed by atoms with Crippen LogP contribution < -0.4 is 16.6 Å². The Morgan fingerprint density at radius 1 is 1.29 bits per heavy atom. The maximum atomic E-state index is 5.59. The number of anilines is 2. The molecule has 0 radical (unpaired) electrons. The van der Waals surface area contributed by atoms with E-state index in [0.29, 0.717) is 5.82 Å². The lowest BCUT2D eigenvalue weighted by Gasteiger charge is -2.18. The molecule has 0 spiro atoms. The molecular weight excluding hydrogens is 266 g/mol. The molecule has 21 heavy (non-hydrogen) atoms. The van der Waals surface area contributed by atoms with Gasteiger partial charge in [0.25, 0.3) is 0 Å². The predicted molar refractivity (Wildman–Crippen MR) is 84.1 cm³/mol. The number of nitrogen functional groups attached to an aromatic ring is 1. The van der Waals surface area contributed by atoms with Gasteiger partial charge >= 0.3 is 0 Å². The summed E-state index contributed by atoms with van der Waals surface area (Å²) in [5.41, 5.74) is 4.78. The number of rotatable bonds is 6. The van der Waals surface area contributed by atoms with Crippen LogP contribution in [0.5, 0.6) is 0 Å². The first-order valence-electron chi connectivity index (χ1n) is 7.20. The Kier molecular flexibility index (Phi) is 4.80. The van der Waals surface area contributed by atoms with E-state index in [4.69, 9.17) is 10.3 Å². The van der Waals surface area contributed by atoms with Gasteiger partial charge in [-0.05, 0) is 33.3 Å². The van der Waals surface area contributed by atoms with E-state index in [0.717, 1.165) is 41.3 Å². The van der Waals surface area contributed by atoms with Crippen molar-refractivity contribution in [1.82, 2.24) is 9.97 Å². The van der Waals surface area contributed by atoms with Crippen LogP contribution in [0, 0.1) is 13.8 Å².